The molecule has 0 aliphatic carbocycles. The van der Waals surface area contributed by atoms with Crippen LogP contribution >= 0.6 is 0 Å². The third kappa shape index (κ3) is 4.28. The highest BCUT2D eigenvalue weighted by atomic mass is 16.6. The molecule has 2 aliphatic rings. The number of ether oxygens (including phenoxy) is 3. The van der Waals surface area contributed by atoms with Crippen molar-refractivity contribution in [3.63, 3.8) is 0 Å². The molecule has 8 heteroatoms. The second-order valence-corrected chi connectivity index (χ2v) is 6.37. The second-order valence-electron chi connectivity index (χ2n) is 6.37. The van der Waals surface area contributed by atoms with Crippen molar-refractivity contribution >= 4 is 11.9 Å². The molecule has 1 fully saturated rings. The standard InChI is InChI=1S/C19H22N4O4/c24-18(17-13-23(8-9-25-17)19-21-5-1-6-22-19)20-7-4-14-2-3-15-16(12-14)27-11-10-26-15/h1-3,5-6,12,17H,4,7-11,13H2,(H,20,24)/t17-/m0/s1. The Hall–Kier alpha value is -2.87. The summed E-state index contributed by atoms with van der Waals surface area (Å²) < 4.78 is 16.7. The highest BCUT2D eigenvalue weighted by Crippen LogP contribution is 2.30. The van der Waals surface area contributed by atoms with E-state index >= 15 is 0 Å². The highest BCUT2D eigenvalue weighted by molar-refractivity contribution is 5.81. The number of nitrogens with zero attached hydrogens (tertiary/aromatic N) is 3. The van der Waals surface area contributed by atoms with Crippen LogP contribution in [0.25, 0.3) is 0 Å². The maximum Gasteiger partial charge on any atom is 0.251 e. The first-order valence-electron chi connectivity index (χ1n) is 9.09. The Labute approximate surface area is 157 Å². The van der Waals surface area contributed by atoms with Crippen LogP contribution in [0.4, 0.5) is 5.95 Å². The molecule has 1 saturated heterocycles. The summed E-state index contributed by atoms with van der Waals surface area (Å²) in [6, 6.07) is 7.64. The normalized spacial score (nSPS) is 18.8. The van der Waals surface area contributed by atoms with E-state index in [1.54, 1.807) is 18.5 Å². The van der Waals surface area contributed by atoms with E-state index < -0.39 is 6.10 Å². The van der Waals surface area contributed by atoms with Crippen LogP contribution in [-0.4, -0.2) is 61.4 Å². The lowest BCUT2D eigenvalue weighted by Gasteiger charge is -2.32. The van der Waals surface area contributed by atoms with Crippen molar-refractivity contribution in [3.8, 4) is 11.5 Å². The molecule has 1 aromatic carbocycles. The predicted octanol–water partition coefficient (Wildman–Crippen LogP) is 0.812. The first-order valence-corrected chi connectivity index (χ1v) is 9.09. The molecule has 2 aliphatic heterocycles. The van der Waals surface area contributed by atoms with Gasteiger partial charge in [0, 0.05) is 25.5 Å². The molecule has 8 nitrogen and oxygen atoms in total. The van der Waals surface area contributed by atoms with E-state index in [1.807, 2.05) is 23.1 Å². The lowest BCUT2D eigenvalue weighted by molar-refractivity contribution is -0.133. The number of aromatic nitrogens is 2. The van der Waals surface area contributed by atoms with Crippen molar-refractivity contribution in [1.82, 2.24) is 15.3 Å². The maximum atomic E-state index is 12.4. The molecule has 0 bridgehead atoms. The fraction of sp³-hybridized carbons (Fsp3) is 0.421. The number of amides is 1. The molecule has 2 aromatic rings. The Balaban J connectivity index is 1.28. The Morgan fingerprint density at radius 3 is 2.81 bits per heavy atom. The number of benzene rings is 1. The molecule has 27 heavy (non-hydrogen) atoms. The summed E-state index contributed by atoms with van der Waals surface area (Å²) in [5, 5.41) is 2.95. The molecular weight excluding hydrogens is 348 g/mol. The van der Waals surface area contributed by atoms with E-state index in [0.29, 0.717) is 51.8 Å². The van der Waals surface area contributed by atoms with Gasteiger partial charge in [0.2, 0.25) is 5.95 Å². The number of hydrogen-bond donors (Lipinski definition) is 1. The summed E-state index contributed by atoms with van der Waals surface area (Å²) >= 11 is 0. The van der Waals surface area contributed by atoms with Crippen LogP contribution in [0.3, 0.4) is 0 Å². The van der Waals surface area contributed by atoms with Gasteiger partial charge in [-0.25, -0.2) is 9.97 Å². The summed E-state index contributed by atoms with van der Waals surface area (Å²) in [6.07, 6.45) is 3.57. The van der Waals surface area contributed by atoms with Gasteiger partial charge in [-0.1, -0.05) is 6.07 Å². The number of nitrogens with one attached hydrogen (secondary N) is 1. The van der Waals surface area contributed by atoms with Gasteiger partial charge in [0.15, 0.2) is 17.6 Å². The third-order valence-corrected chi connectivity index (χ3v) is 4.51. The van der Waals surface area contributed by atoms with E-state index in [2.05, 4.69) is 15.3 Å². The van der Waals surface area contributed by atoms with Gasteiger partial charge in [0.25, 0.3) is 5.91 Å². The first kappa shape index (κ1) is 17.5. The number of carbonyl (C=O) groups is 1. The Kier molecular flexibility index (Phi) is 5.34. The number of rotatable bonds is 5. The predicted molar refractivity (Wildman–Crippen MR) is 98.1 cm³/mol. The minimum atomic E-state index is -0.525. The van der Waals surface area contributed by atoms with Crippen LogP contribution < -0.4 is 19.7 Å². The number of hydrogen-bond acceptors (Lipinski definition) is 7. The molecule has 0 saturated carbocycles. The molecule has 4 rings (SSSR count). The van der Waals surface area contributed by atoms with Gasteiger partial charge >= 0.3 is 0 Å². The maximum absolute atomic E-state index is 12.4. The Morgan fingerprint density at radius 2 is 1.96 bits per heavy atom. The summed E-state index contributed by atoms with van der Waals surface area (Å²) in [5.74, 6) is 2.04. The number of fused-ring (bicyclic) bond motifs is 1. The van der Waals surface area contributed by atoms with E-state index in [0.717, 1.165) is 17.1 Å². The van der Waals surface area contributed by atoms with Crippen LogP contribution in [0, 0.1) is 0 Å². The van der Waals surface area contributed by atoms with E-state index in [4.69, 9.17) is 14.2 Å². The average Bonchev–Trinajstić information content (AvgIpc) is 2.74. The van der Waals surface area contributed by atoms with Gasteiger partial charge in [0.05, 0.1) is 13.2 Å². The molecule has 1 amide bonds. The fourth-order valence-electron chi connectivity index (χ4n) is 3.13. The van der Waals surface area contributed by atoms with Gasteiger partial charge < -0.3 is 24.4 Å². The lowest BCUT2D eigenvalue weighted by Crippen LogP contribution is -2.50. The van der Waals surface area contributed by atoms with Crippen LogP contribution in [-0.2, 0) is 16.0 Å². The van der Waals surface area contributed by atoms with E-state index in [1.165, 1.54) is 0 Å². The zero-order chi connectivity index (χ0) is 18.5. The molecule has 1 aromatic heterocycles. The zero-order valence-corrected chi connectivity index (χ0v) is 15.0. The molecule has 1 N–H and O–H groups in total. The molecule has 0 radical (unpaired) electrons. The minimum Gasteiger partial charge on any atom is -0.486 e. The number of carbonyl (C=O) groups excluding carboxylic acids is 1. The number of morpholine rings is 1. The van der Waals surface area contributed by atoms with E-state index in [9.17, 15) is 4.79 Å². The Bertz CT molecular complexity index is 787. The largest absolute Gasteiger partial charge is 0.486 e. The van der Waals surface area contributed by atoms with Crippen molar-refractivity contribution in [2.45, 2.75) is 12.5 Å². The van der Waals surface area contributed by atoms with Gasteiger partial charge in [0.1, 0.15) is 13.2 Å². The summed E-state index contributed by atoms with van der Waals surface area (Å²) in [5.41, 5.74) is 1.09. The molecular formula is C19H22N4O4. The molecule has 0 unspecified atom stereocenters. The monoisotopic (exact) mass is 370 g/mol. The molecule has 3 heterocycles. The van der Waals surface area contributed by atoms with Gasteiger partial charge in [-0.05, 0) is 30.2 Å². The third-order valence-electron chi connectivity index (χ3n) is 4.51. The topological polar surface area (TPSA) is 85.8 Å². The zero-order valence-electron chi connectivity index (χ0n) is 15.0. The van der Waals surface area contributed by atoms with Crippen LogP contribution in [0.2, 0.25) is 0 Å². The summed E-state index contributed by atoms with van der Waals surface area (Å²) in [7, 11) is 0. The SMILES string of the molecule is O=C(NCCc1ccc2c(c1)OCCO2)[C@@H]1CN(c2ncccn2)CCO1. The summed E-state index contributed by atoms with van der Waals surface area (Å²) in [6.45, 7) is 3.26. The van der Waals surface area contributed by atoms with Crippen molar-refractivity contribution in [3.05, 3.63) is 42.2 Å². The number of anilines is 1. The molecule has 1 atom stereocenters. The van der Waals surface area contributed by atoms with Crippen LogP contribution in [0.15, 0.2) is 36.7 Å². The van der Waals surface area contributed by atoms with Crippen LogP contribution in [0.5, 0.6) is 11.5 Å². The minimum absolute atomic E-state index is 0.117. The first-order chi connectivity index (χ1) is 13.3. The van der Waals surface area contributed by atoms with Crippen molar-refractivity contribution < 1.29 is 19.0 Å². The molecule has 142 valence electrons. The fourth-order valence-corrected chi connectivity index (χ4v) is 3.13. The smallest absolute Gasteiger partial charge is 0.251 e. The highest BCUT2D eigenvalue weighted by Gasteiger charge is 2.27. The second kappa shape index (κ2) is 8.22. The van der Waals surface area contributed by atoms with Crippen molar-refractivity contribution in [1.29, 1.82) is 0 Å². The van der Waals surface area contributed by atoms with E-state index in [-0.39, 0.29) is 5.91 Å². The van der Waals surface area contributed by atoms with Gasteiger partial charge in [-0.2, -0.15) is 0 Å². The lowest BCUT2D eigenvalue weighted by atomic mass is 10.1. The summed E-state index contributed by atoms with van der Waals surface area (Å²) in [4.78, 5) is 22.9. The quantitative estimate of drug-likeness (QED) is 0.834. The average molecular weight is 370 g/mol. The van der Waals surface area contributed by atoms with Gasteiger partial charge in [-0.15, -0.1) is 0 Å². The van der Waals surface area contributed by atoms with Crippen molar-refractivity contribution in [2.75, 3.05) is 44.4 Å². The van der Waals surface area contributed by atoms with Crippen molar-refractivity contribution in [2.24, 2.45) is 0 Å². The Morgan fingerprint density at radius 1 is 1.15 bits per heavy atom. The molecule has 0 spiro atoms. The van der Waals surface area contributed by atoms with Gasteiger partial charge in [-0.3, -0.25) is 4.79 Å². The van der Waals surface area contributed by atoms with Crippen LogP contribution in [0.1, 0.15) is 5.56 Å².